The predicted octanol–water partition coefficient (Wildman–Crippen LogP) is 6.37. The molecule has 1 aromatic carbocycles. The highest BCUT2D eigenvalue weighted by atomic mass is 33.1. The van der Waals surface area contributed by atoms with E-state index in [0.29, 0.717) is 76.2 Å². The second-order valence-electron chi connectivity index (χ2n) is 13.6. The van der Waals surface area contributed by atoms with E-state index in [-0.39, 0.29) is 49.5 Å². The molecule has 13 nitrogen and oxygen atoms in total. The molecule has 1 fully saturated rings. The van der Waals surface area contributed by atoms with E-state index in [4.69, 9.17) is 38.1 Å². The van der Waals surface area contributed by atoms with Crippen molar-refractivity contribution in [3.05, 3.63) is 63.4 Å². The summed E-state index contributed by atoms with van der Waals surface area (Å²) in [6.07, 6.45) is 5.60. The fraction of sp³-hybridized carbons (Fsp3) is 0.575. The van der Waals surface area contributed by atoms with Crippen LogP contribution in [0.2, 0.25) is 0 Å². The topological polar surface area (TPSA) is 151 Å². The van der Waals surface area contributed by atoms with E-state index >= 15 is 0 Å². The van der Waals surface area contributed by atoms with Gasteiger partial charge in [-0.2, -0.15) is 0 Å². The van der Waals surface area contributed by atoms with Gasteiger partial charge in [0.2, 0.25) is 5.60 Å². The normalized spacial score (nSPS) is 18.5. The van der Waals surface area contributed by atoms with Crippen LogP contribution in [0.15, 0.2) is 41.2 Å². The quantitative estimate of drug-likeness (QED) is 0.0464. The summed E-state index contributed by atoms with van der Waals surface area (Å²) in [4.78, 5) is 56.7. The maximum Gasteiger partial charge on any atom is 0.509 e. The molecule has 0 spiro atoms. The summed E-state index contributed by atoms with van der Waals surface area (Å²) in [5.74, 6) is 0.815. The molecule has 0 radical (unpaired) electrons. The first kappa shape index (κ1) is 41.2. The number of carbonyl (C=O) groups is 3. The van der Waals surface area contributed by atoms with Gasteiger partial charge in [-0.3, -0.25) is 9.59 Å². The van der Waals surface area contributed by atoms with Crippen LogP contribution in [-0.2, 0) is 61.5 Å². The Kier molecular flexibility index (Phi) is 15.4. The zero-order chi connectivity index (χ0) is 38.5. The van der Waals surface area contributed by atoms with Crippen LogP contribution in [0, 0.1) is 0 Å². The average Bonchev–Trinajstić information content (AvgIpc) is 3.85. The first-order valence-corrected chi connectivity index (χ1v) is 21.6. The molecule has 55 heavy (non-hydrogen) atoms. The maximum atomic E-state index is 13.7. The molecule has 0 bridgehead atoms. The minimum Gasteiger partial charge on any atom is -0.457 e. The minimum atomic E-state index is -1.85. The molecule has 0 aliphatic carbocycles. The number of benzene rings is 1. The van der Waals surface area contributed by atoms with Gasteiger partial charge >= 0.3 is 12.1 Å². The van der Waals surface area contributed by atoms with Crippen LogP contribution in [0.4, 0.5) is 4.79 Å². The molecule has 3 aliphatic rings. The van der Waals surface area contributed by atoms with E-state index in [1.165, 1.54) is 18.6 Å². The Morgan fingerprint density at radius 2 is 1.62 bits per heavy atom. The Morgan fingerprint density at radius 1 is 0.909 bits per heavy atom. The molecule has 0 amide bonds. The Labute approximate surface area is 328 Å². The second kappa shape index (κ2) is 20.6. The highest BCUT2D eigenvalue weighted by Crippen LogP contribution is 2.41. The number of para-hydroxylation sites is 1. The van der Waals surface area contributed by atoms with Gasteiger partial charge in [0, 0.05) is 47.0 Å². The molecule has 3 aromatic rings. The number of fused-ring (bicyclic) bond motifs is 5. The standard InChI is InChI=1S/C40H50N2O11S2/c1-2-40(33-25-35-36-29(24-28-8-3-6-12-34(28)41-36)26-42(35)37(44)32(33)27-52-38(40)45)53-39(46)51-22-21-50-20-19-49-18-17-48-16-15-47-14-7-10-30(43)9-4-5-11-31-13-23-54-55-31/h3,6,8,12,24-25,31H,2,4-5,7,9-11,13-23,26-27H2,1H3. The molecule has 5 heterocycles. The number of carbonyl (C=O) groups excluding carboxylic acids is 3. The van der Waals surface area contributed by atoms with E-state index in [2.05, 4.69) is 0 Å². The number of rotatable bonds is 23. The Bertz CT molecular complexity index is 1850. The number of hydrogen-bond donors (Lipinski definition) is 0. The van der Waals surface area contributed by atoms with Gasteiger partial charge in [0.25, 0.3) is 5.56 Å². The van der Waals surface area contributed by atoms with E-state index in [0.717, 1.165) is 41.0 Å². The molecule has 2 aromatic heterocycles. The number of pyridine rings is 2. The van der Waals surface area contributed by atoms with Crippen LogP contribution in [0.3, 0.4) is 0 Å². The molecule has 1 saturated heterocycles. The van der Waals surface area contributed by atoms with Crippen molar-refractivity contribution in [2.45, 2.75) is 82.3 Å². The SMILES string of the molecule is CCC1(OC(=O)OCCOCCOCCOCCOCCCC(=O)CCCCC2CCSS2)C(=O)OCc2c1cc1n(c2=O)Cc2cc3ccccc3nc2-1. The molecule has 298 valence electrons. The lowest BCUT2D eigenvalue weighted by molar-refractivity contribution is -0.175. The van der Waals surface area contributed by atoms with Gasteiger partial charge < -0.3 is 37.7 Å². The highest BCUT2D eigenvalue weighted by molar-refractivity contribution is 8.77. The van der Waals surface area contributed by atoms with Gasteiger partial charge in [0.1, 0.15) is 19.0 Å². The lowest BCUT2D eigenvalue weighted by Gasteiger charge is -2.35. The zero-order valence-electron chi connectivity index (χ0n) is 31.4. The lowest BCUT2D eigenvalue weighted by atomic mass is 9.85. The van der Waals surface area contributed by atoms with Crippen molar-refractivity contribution >= 4 is 50.4 Å². The molecule has 6 rings (SSSR count). The number of hydrogen-bond acceptors (Lipinski definition) is 14. The Hall–Kier alpha value is -3.47. The van der Waals surface area contributed by atoms with E-state index in [1.54, 1.807) is 17.6 Å². The Balaban J connectivity index is 0.822. The van der Waals surface area contributed by atoms with Gasteiger partial charge in [0.15, 0.2) is 0 Å². The fourth-order valence-corrected chi connectivity index (χ4v) is 9.98. The third-order valence-corrected chi connectivity index (χ3v) is 12.9. The van der Waals surface area contributed by atoms with Crippen LogP contribution < -0.4 is 5.56 Å². The van der Waals surface area contributed by atoms with Crippen molar-refractivity contribution in [3.8, 4) is 11.4 Å². The average molecular weight is 799 g/mol. The molecule has 15 heteroatoms. The number of nitrogens with zero attached hydrogens (tertiary/aromatic N) is 2. The van der Waals surface area contributed by atoms with Crippen molar-refractivity contribution in [1.29, 1.82) is 0 Å². The summed E-state index contributed by atoms with van der Waals surface area (Å²) in [7, 11) is 3.96. The van der Waals surface area contributed by atoms with Crippen LogP contribution >= 0.6 is 21.6 Å². The third kappa shape index (κ3) is 10.7. The molecule has 2 unspecified atom stereocenters. The summed E-state index contributed by atoms with van der Waals surface area (Å²) < 4.78 is 40.0. The van der Waals surface area contributed by atoms with Crippen LogP contribution in [0.5, 0.6) is 0 Å². The van der Waals surface area contributed by atoms with E-state index < -0.39 is 17.7 Å². The van der Waals surface area contributed by atoms with Gasteiger partial charge in [-0.1, -0.05) is 53.1 Å². The maximum absolute atomic E-state index is 13.7. The van der Waals surface area contributed by atoms with Gasteiger partial charge in [-0.25, -0.2) is 14.6 Å². The smallest absolute Gasteiger partial charge is 0.457 e. The second-order valence-corrected chi connectivity index (χ2v) is 16.4. The monoisotopic (exact) mass is 798 g/mol. The summed E-state index contributed by atoms with van der Waals surface area (Å²) in [5.41, 5.74) is 1.23. The van der Waals surface area contributed by atoms with Crippen molar-refractivity contribution in [2.24, 2.45) is 0 Å². The lowest BCUT2D eigenvalue weighted by Crippen LogP contribution is -2.47. The van der Waals surface area contributed by atoms with Crippen molar-refractivity contribution in [1.82, 2.24) is 9.55 Å². The van der Waals surface area contributed by atoms with Gasteiger partial charge in [0.05, 0.1) is 75.3 Å². The van der Waals surface area contributed by atoms with E-state index in [9.17, 15) is 19.2 Å². The summed E-state index contributed by atoms with van der Waals surface area (Å²) in [5, 5.41) is 1.74. The summed E-state index contributed by atoms with van der Waals surface area (Å²) in [6.45, 7) is 4.63. The fourth-order valence-electron chi connectivity index (χ4n) is 6.95. The largest absolute Gasteiger partial charge is 0.509 e. The number of ether oxygens (including phenoxy) is 7. The number of unbranched alkanes of at least 4 members (excludes halogenated alkanes) is 1. The molecule has 3 aliphatic heterocycles. The summed E-state index contributed by atoms with van der Waals surface area (Å²) >= 11 is 0. The van der Waals surface area contributed by atoms with Gasteiger partial charge in [-0.05, 0) is 50.3 Å². The van der Waals surface area contributed by atoms with Crippen LogP contribution in [0.1, 0.15) is 75.0 Å². The van der Waals surface area contributed by atoms with Crippen molar-refractivity contribution in [2.75, 3.05) is 65.2 Å². The van der Waals surface area contributed by atoms with E-state index in [1.807, 2.05) is 51.9 Å². The Morgan fingerprint density at radius 3 is 2.35 bits per heavy atom. The van der Waals surface area contributed by atoms with Crippen LogP contribution in [-0.4, -0.2) is 97.9 Å². The molecule has 2 atom stereocenters. The van der Waals surface area contributed by atoms with Crippen LogP contribution in [0.25, 0.3) is 22.3 Å². The highest BCUT2D eigenvalue weighted by Gasteiger charge is 2.51. The first-order valence-electron chi connectivity index (χ1n) is 19.2. The van der Waals surface area contributed by atoms with Crippen molar-refractivity contribution in [3.63, 3.8) is 0 Å². The zero-order valence-corrected chi connectivity index (χ0v) is 33.0. The first-order chi connectivity index (χ1) is 26.9. The molecular weight excluding hydrogens is 749 g/mol. The third-order valence-electron chi connectivity index (χ3n) is 9.91. The molecule has 0 N–H and O–H groups in total. The van der Waals surface area contributed by atoms with Gasteiger partial charge in [-0.15, -0.1) is 0 Å². The minimum absolute atomic E-state index is 0.0287. The molecular formula is C40H50N2O11S2. The molecule has 0 saturated carbocycles. The number of Topliss-reactive ketones (excluding diaryl/α,β-unsaturated/α-hetero) is 1. The number of cyclic esters (lactones) is 1. The predicted molar refractivity (Wildman–Crippen MR) is 209 cm³/mol. The number of esters is 1. The number of ketones is 1. The summed E-state index contributed by atoms with van der Waals surface area (Å²) in [6, 6.07) is 11.4. The number of aromatic nitrogens is 2. The van der Waals surface area contributed by atoms with Crippen molar-refractivity contribution < 1.29 is 47.5 Å².